The number of carboxylic acid groups (broad SMARTS) is 1. The van der Waals surface area contributed by atoms with E-state index in [2.05, 4.69) is 5.32 Å². The van der Waals surface area contributed by atoms with Crippen LogP contribution in [0.4, 0.5) is 5.69 Å². The van der Waals surface area contributed by atoms with Crippen molar-refractivity contribution < 1.29 is 28.9 Å². The first-order valence-corrected chi connectivity index (χ1v) is 7.22. The molecule has 0 aromatic heterocycles. The Hall–Kier alpha value is -2.28. The molecule has 4 rings (SSSR count). The van der Waals surface area contributed by atoms with Crippen molar-refractivity contribution in [2.75, 3.05) is 12.1 Å². The third-order valence-corrected chi connectivity index (χ3v) is 4.50. The Morgan fingerprint density at radius 3 is 2.59 bits per heavy atom. The number of carboxylic acids is 1. The molecule has 0 aliphatic carbocycles. The molecule has 2 saturated heterocycles. The Morgan fingerprint density at radius 2 is 1.82 bits per heavy atom. The smallest absolute Gasteiger partial charge is 0.310 e. The van der Waals surface area contributed by atoms with Crippen LogP contribution >= 0.6 is 0 Å². The molecule has 3 aliphatic rings. The van der Waals surface area contributed by atoms with Crippen LogP contribution in [0.3, 0.4) is 0 Å². The largest absolute Gasteiger partial charge is 0.481 e. The standard InChI is InChI=1S/C15H15NO6/c17-14(12-9-3-4-10(22-9)13(12)15(18)19)16-7-1-2-8-11(5-7)21-6-20-8/h1-2,5,9-10,12-13H,3-4,6H2,(H,16,17)(H,18,19)/t9-,10-,12+,13+/m1/s1. The summed E-state index contributed by atoms with van der Waals surface area (Å²) in [7, 11) is 0. The Bertz CT molecular complexity index is 645. The number of hydrogen-bond donors (Lipinski definition) is 2. The van der Waals surface area contributed by atoms with Crippen molar-refractivity contribution in [3.63, 3.8) is 0 Å². The number of rotatable bonds is 3. The summed E-state index contributed by atoms with van der Waals surface area (Å²) in [5.74, 6) is -1.52. The van der Waals surface area contributed by atoms with Crippen molar-refractivity contribution in [2.45, 2.75) is 25.0 Å². The lowest BCUT2D eigenvalue weighted by Gasteiger charge is -2.23. The number of carbonyl (C=O) groups excluding carboxylic acids is 1. The van der Waals surface area contributed by atoms with E-state index in [9.17, 15) is 14.7 Å². The van der Waals surface area contributed by atoms with E-state index in [4.69, 9.17) is 14.2 Å². The van der Waals surface area contributed by atoms with Crippen molar-refractivity contribution in [1.82, 2.24) is 0 Å². The highest BCUT2D eigenvalue weighted by Gasteiger charge is 2.55. The molecule has 22 heavy (non-hydrogen) atoms. The summed E-state index contributed by atoms with van der Waals surface area (Å²) in [6.45, 7) is 0.161. The number of benzene rings is 1. The topological polar surface area (TPSA) is 94.1 Å². The molecule has 2 fully saturated rings. The molecule has 7 heteroatoms. The second-order valence-electron chi connectivity index (χ2n) is 5.74. The normalized spacial score (nSPS) is 31.3. The van der Waals surface area contributed by atoms with Gasteiger partial charge in [-0.1, -0.05) is 0 Å². The molecule has 3 aliphatic heterocycles. The van der Waals surface area contributed by atoms with Gasteiger partial charge in [-0.15, -0.1) is 0 Å². The number of carbonyl (C=O) groups is 2. The van der Waals surface area contributed by atoms with Crippen LogP contribution in [-0.4, -0.2) is 36.0 Å². The molecule has 0 spiro atoms. The lowest BCUT2D eigenvalue weighted by Crippen LogP contribution is -2.40. The van der Waals surface area contributed by atoms with Gasteiger partial charge in [0.15, 0.2) is 11.5 Å². The van der Waals surface area contributed by atoms with E-state index in [0.717, 1.165) is 6.42 Å². The van der Waals surface area contributed by atoms with Gasteiger partial charge in [-0.2, -0.15) is 0 Å². The van der Waals surface area contributed by atoms with Gasteiger partial charge in [0.05, 0.1) is 24.0 Å². The van der Waals surface area contributed by atoms with Crippen molar-refractivity contribution >= 4 is 17.6 Å². The van der Waals surface area contributed by atoms with E-state index in [1.165, 1.54) is 0 Å². The summed E-state index contributed by atoms with van der Waals surface area (Å²) in [5.41, 5.74) is 0.557. The Labute approximate surface area is 126 Å². The van der Waals surface area contributed by atoms with Crippen LogP contribution in [0, 0.1) is 11.8 Å². The molecule has 7 nitrogen and oxygen atoms in total. The Balaban J connectivity index is 1.53. The lowest BCUT2D eigenvalue weighted by atomic mass is 9.78. The lowest BCUT2D eigenvalue weighted by molar-refractivity contribution is -0.147. The minimum atomic E-state index is -0.974. The molecule has 0 saturated carbocycles. The van der Waals surface area contributed by atoms with Gasteiger partial charge in [0.2, 0.25) is 12.7 Å². The molecule has 2 N–H and O–H groups in total. The number of aliphatic carboxylic acids is 1. The number of anilines is 1. The summed E-state index contributed by atoms with van der Waals surface area (Å²) in [6, 6.07) is 5.09. The minimum absolute atomic E-state index is 0.161. The van der Waals surface area contributed by atoms with Gasteiger partial charge in [0, 0.05) is 11.8 Å². The summed E-state index contributed by atoms with van der Waals surface area (Å²) < 4.78 is 16.1. The van der Waals surface area contributed by atoms with E-state index in [1.54, 1.807) is 18.2 Å². The average molecular weight is 305 g/mol. The SMILES string of the molecule is O=C(O)[C@@H]1[C@@H](C(=O)Nc2ccc3c(c2)OCO3)[C@H]2CC[C@H]1O2. The summed E-state index contributed by atoms with van der Waals surface area (Å²) in [4.78, 5) is 23.9. The quantitative estimate of drug-likeness (QED) is 0.872. The van der Waals surface area contributed by atoms with E-state index >= 15 is 0 Å². The molecule has 4 atom stereocenters. The molecule has 1 amide bonds. The number of nitrogens with one attached hydrogen (secondary N) is 1. The highest BCUT2D eigenvalue weighted by atomic mass is 16.7. The molecular formula is C15H15NO6. The monoisotopic (exact) mass is 305 g/mol. The third-order valence-electron chi connectivity index (χ3n) is 4.50. The predicted octanol–water partition coefficient (Wildman–Crippen LogP) is 1.23. The summed E-state index contributed by atoms with van der Waals surface area (Å²) in [6.07, 6.45) is 0.776. The first-order chi connectivity index (χ1) is 10.6. The number of amides is 1. The van der Waals surface area contributed by atoms with E-state index in [0.29, 0.717) is 23.6 Å². The van der Waals surface area contributed by atoms with Crippen molar-refractivity contribution in [2.24, 2.45) is 11.8 Å². The van der Waals surface area contributed by atoms with E-state index < -0.39 is 17.8 Å². The van der Waals surface area contributed by atoms with E-state index in [1.807, 2.05) is 0 Å². The fourth-order valence-electron chi connectivity index (χ4n) is 3.52. The molecule has 0 radical (unpaired) electrons. The molecule has 0 unspecified atom stereocenters. The van der Waals surface area contributed by atoms with Crippen molar-refractivity contribution in [1.29, 1.82) is 0 Å². The second-order valence-corrected chi connectivity index (χ2v) is 5.74. The average Bonchev–Trinajstić information content (AvgIpc) is 3.20. The van der Waals surface area contributed by atoms with Gasteiger partial charge in [-0.05, 0) is 25.0 Å². The first-order valence-electron chi connectivity index (χ1n) is 7.22. The highest BCUT2D eigenvalue weighted by molar-refractivity contribution is 5.96. The number of ether oxygens (including phenoxy) is 3. The maximum atomic E-state index is 12.5. The van der Waals surface area contributed by atoms with Gasteiger partial charge >= 0.3 is 5.97 Å². The van der Waals surface area contributed by atoms with Gasteiger partial charge in [0.1, 0.15) is 0 Å². The fourth-order valence-corrected chi connectivity index (χ4v) is 3.52. The minimum Gasteiger partial charge on any atom is -0.481 e. The number of hydrogen-bond acceptors (Lipinski definition) is 5. The maximum absolute atomic E-state index is 12.5. The van der Waals surface area contributed by atoms with Crippen LogP contribution in [0.1, 0.15) is 12.8 Å². The highest BCUT2D eigenvalue weighted by Crippen LogP contribution is 2.44. The molecule has 2 bridgehead atoms. The summed E-state index contributed by atoms with van der Waals surface area (Å²) >= 11 is 0. The zero-order valence-corrected chi connectivity index (χ0v) is 11.7. The second kappa shape index (κ2) is 4.88. The summed E-state index contributed by atoms with van der Waals surface area (Å²) in [5, 5.41) is 12.1. The van der Waals surface area contributed by atoms with Crippen LogP contribution in [0.5, 0.6) is 11.5 Å². The van der Waals surface area contributed by atoms with Gasteiger partial charge < -0.3 is 24.6 Å². The fraction of sp³-hybridized carbons (Fsp3) is 0.467. The molecule has 1 aromatic carbocycles. The Morgan fingerprint density at radius 1 is 1.09 bits per heavy atom. The van der Waals surface area contributed by atoms with Crippen molar-refractivity contribution in [3.8, 4) is 11.5 Å². The predicted molar refractivity (Wildman–Crippen MR) is 73.7 cm³/mol. The van der Waals surface area contributed by atoms with Gasteiger partial charge in [-0.25, -0.2) is 0 Å². The zero-order chi connectivity index (χ0) is 15.3. The van der Waals surface area contributed by atoms with Crippen LogP contribution < -0.4 is 14.8 Å². The van der Waals surface area contributed by atoms with E-state index in [-0.39, 0.29) is 24.9 Å². The van der Waals surface area contributed by atoms with Crippen molar-refractivity contribution in [3.05, 3.63) is 18.2 Å². The first kappa shape index (κ1) is 13.4. The molecule has 1 aromatic rings. The number of fused-ring (bicyclic) bond motifs is 3. The molecular weight excluding hydrogens is 290 g/mol. The zero-order valence-electron chi connectivity index (χ0n) is 11.7. The van der Waals surface area contributed by atoms with Crippen LogP contribution in [0.25, 0.3) is 0 Å². The van der Waals surface area contributed by atoms with Crippen LogP contribution in [0.15, 0.2) is 18.2 Å². The Kier molecular flexibility index (Phi) is 2.97. The molecule has 3 heterocycles. The molecule has 116 valence electrons. The van der Waals surface area contributed by atoms with Gasteiger partial charge in [-0.3, -0.25) is 9.59 Å². The maximum Gasteiger partial charge on any atom is 0.310 e. The third kappa shape index (κ3) is 2.00. The van der Waals surface area contributed by atoms with Crippen LogP contribution in [0.2, 0.25) is 0 Å². The van der Waals surface area contributed by atoms with Crippen LogP contribution in [-0.2, 0) is 14.3 Å². The van der Waals surface area contributed by atoms with Gasteiger partial charge in [0.25, 0.3) is 0 Å².